The maximum absolute atomic E-state index is 5.33. The molecule has 0 atom stereocenters. The molecule has 3 heteroatoms. The molecule has 1 saturated heterocycles. The summed E-state index contributed by atoms with van der Waals surface area (Å²) in [6.45, 7) is 2.05. The average molecular weight is 444 g/mol. The van der Waals surface area contributed by atoms with Crippen LogP contribution >= 0.6 is 0 Å². The number of benzene rings is 4. The van der Waals surface area contributed by atoms with E-state index in [0.717, 1.165) is 47.0 Å². The van der Waals surface area contributed by atoms with Gasteiger partial charge in [0.2, 0.25) is 0 Å². The van der Waals surface area contributed by atoms with E-state index in [9.17, 15) is 0 Å². The Morgan fingerprint density at radius 3 is 1.50 bits per heavy atom. The minimum Gasteiger partial charge on any atom is -0.356 e. The van der Waals surface area contributed by atoms with Gasteiger partial charge >= 0.3 is 0 Å². The van der Waals surface area contributed by atoms with E-state index in [2.05, 4.69) is 108 Å². The molecule has 4 aromatic carbocycles. The monoisotopic (exact) mass is 443 g/mol. The normalized spacial score (nSPS) is 14.6. The molecule has 3 nitrogen and oxygen atoms in total. The molecule has 34 heavy (non-hydrogen) atoms. The van der Waals surface area contributed by atoms with E-state index in [-0.39, 0.29) is 6.04 Å². The number of hydrogen-bond acceptors (Lipinski definition) is 1. The summed E-state index contributed by atoms with van der Waals surface area (Å²) in [7, 11) is 0. The summed E-state index contributed by atoms with van der Waals surface area (Å²) in [6, 6.07) is 41.7. The zero-order chi connectivity index (χ0) is 23.0. The number of nitrogens with zero attached hydrogens (tertiary/aromatic N) is 3. The van der Waals surface area contributed by atoms with Gasteiger partial charge in [-0.1, -0.05) is 121 Å². The van der Waals surface area contributed by atoms with Crippen LogP contribution in [0.25, 0.3) is 0 Å². The Labute approximate surface area is 202 Å². The molecular formula is C31H29N3. The largest absolute Gasteiger partial charge is 0.356 e. The first-order chi connectivity index (χ1) is 16.9. The van der Waals surface area contributed by atoms with Crippen LogP contribution in [0.3, 0.4) is 0 Å². The standard InChI is InChI=1S/C31H29N3/c1-5-15-25(16-6-1)29(26-17-7-2-8-18-26)32-30(27-19-9-3-10-20-27)33-31(34-23-13-14-24-34)28-21-11-4-12-22-28/h1-12,15-22,29H,13-14,23-24H2. The predicted octanol–water partition coefficient (Wildman–Crippen LogP) is 6.77. The molecule has 168 valence electrons. The molecule has 1 aliphatic rings. The Morgan fingerprint density at radius 1 is 0.559 bits per heavy atom. The van der Waals surface area contributed by atoms with Gasteiger partial charge < -0.3 is 4.90 Å². The molecule has 0 aromatic heterocycles. The second-order valence-corrected chi connectivity index (χ2v) is 8.54. The molecule has 1 heterocycles. The summed E-state index contributed by atoms with van der Waals surface area (Å²) in [4.78, 5) is 13.0. The second-order valence-electron chi connectivity index (χ2n) is 8.54. The molecule has 0 N–H and O–H groups in total. The van der Waals surface area contributed by atoms with Crippen molar-refractivity contribution >= 4 is 11.7 Å². The first-order valence-electron chi connectivity index (χ1n) is 12.0. The second kappa shape index (κ2) is 10.8. The van der Waals surface area contributed by atoms with Crippen LogP contribution in [0.2, 0.25) is 0 Å². The minimum atomic E-state index is -0.142. The molecule has 0 radical (unpaired) electrons. The molecule has 0 spiro atoms. The molecule has 4 aromatic rings. The highest BCUT2D eigenvalue weighted by Crippen LogP contribution is 2.27. The topological polar surface area (TPSA) is 28.0 Å². The number of aliphatic imine (C=N–C) groups is 2. The third-order valence-corrected chi connectivity index (χ3v) is 6.16. The highest BCUT2D eigenvalue weighted by molar-refractivity contribution is 6.11. The van der Waals surface area contributed by atoms with E-state index >= 15 is 0 Å². The van der Waals surface area contributed by atoms with Crippen molar-refractivity contribution in [1.82, 2.24) is 4.90 Å². The van der Waals surface area contributed by atoms with Gasteiger partial charge in [-0.05, 0) is 24.0 Å². The van der Waals surface area contributed by atoms with Gasteiger partial charge in [-0.3, -0.25) is 4.99 Å². The molecule has 0 aliphatic carbocycles. The van der Waals surface area contributed by atoms with E-state index in [1.807, 2.05) is 18.2 Å². The molecule has 0 unspecified atom stereocenters. The van der Waals surface area contributed by atoms with Crippen LogP contribution in [-0.4, -0.2) is 29.7 Å². The minimum absolute atomic E-state index is 0.142. The van der Waals surface area contributed by atoms with Gasteiger partial charge in [0.05, 0.1) is 0 Å². The van der Waals surface area contributed by atoms with Crippen molar-refractivity contribution in [2.75, 3.05) is 13.1 Å². The predicted molar refractivity (Wildman–Crippen MR) is 141 cm³/mol. The quantitative estimate of drug-likeness (QED) is 0.247. The fourth-order valence-corrected chi connectivity index (χ4v) is 4.42. The van der Waals surface area contributed by atoms with Gasteiger partial charge in [-0.15, -0.1) is 0 Å². The molecule has 0 saturated carbocycles. The van der Waals surface area contributed by atoms with Crippen molar-refractivity contribution < 1.29 is 0 Å². The number of rotatable bonds is 5. The average Bonchev–Trinajstić information content (AvgIpc) is 3.46. The maximum atomic E-state index is 5.33. The number of likely N-dealkylation sites (tertiary alicyclic amines) is 1. The van der Waals surface area contributed by atoms with Crippen molar-refractivity contribution in [3.8, 4) is 0 Å². The lowest BCUT2D eigenvalue weighted by Gasteiger charge is -2.22. The molecule has 0 bridgehead atoms. The van der Waals surface area contributed by atoms with Crippen molar-refractivity contribution in [3.63, 3.8) is 0 Å². The highest BCUT2D eigenvalue weighted by atomic mass is 15.2. The lowest BCUT2D eigenvalue weighted by molar-refractivity contribution is 0.521. The molecule has 5 rings (SSSR count). The fraction of sp³-hybridized carbons (Fsp3) is 0.161. The van der Waals surface area contributed by atoms with Gasteiger partial charge in [0, 0.05) is 24.2 Å². The third-order valence-electron chi connectivity index (χ3n) is 6.16. The summed E-state index contributed by atoms with van der Waals surface area (Å²) < 4.78 is 0. The summed E-state index contributed by atoms with van der Waals surface area (Å²) in [5.74, 6) is 1.75. The molecular weight excluding hydrogens is 414 g/mol. The molecule has 0 amide bonds. The van der Waals surface area contributed by atoms with Crippen LogP contribution in [0.1, 0.15) is 41.1 Å². The van der Waals surface area contributed by atoms with E-state index in [1.165, 1.54) is 12.8 Å². The molecule has 1 aliphatic heterocycles. The number of amidine groups is 2. The van der Waals surface area contributed by atoms with Crippen molar-refractivity contribution in [2.45, 2.75) is 18.9 Å². The van der Waals surface area contributed by atoms with Gasteiger partial charge in [-0.2, -0.15) is 0 Å². The summed E-state index contributed by atoms with van der Waals surface area (Å²) >= 11 is 0. The van der Waals surface area contributed by atoms with Crippen LogP contribution in [0.4, 0.5) is 0 Å². The van der Waals surface area contributed by atoms with Crippen LogP contribution in [0, 0.1) is 0 Å². The number of hydrogen-bond donors (Lipinski definition) is 0. The first kappa shape index (κ1) is 21.8. The smallest absolute Gasteiger partial charge is 0.157 e. The Bertz CT molecular complexity index is 1190. The van der Waals surface area contributed by atoms with E-state index < -0.39 is 0 Å². The van der Waals surface area contributed by atoms with Gasteiger partial charge in [0.25, 0.3) is 0 Å². The Kier molecular flexibility index (Phi) is 6.91. The summed E-state index contributed by atoms with van der Waals surface area (Å²) in [5, 5.41) is 0. The Hall–Kier alpha value is -3.98. The highest BCUT2D eigenvalue weighted by Gasteiger charge is 2.20. The van der Waals surface area contributed by atoms with Gasteiger partial charge in [0.15, 0.2) is 5.84 Å². The Balaban J connectivity index is 1.68. The summed E-state index contributed by atoms with van der Waals surface area (Å²) in [5.41, 5.74) is 4.45. The van der Waals surface area contributed by atoms with Crippen molar-refractivity contribution in [3.05, 3.63) is 144 Å². The van der Waals surface area contributed by atoms with Crippen LogP contribution < -0.4 is 0 Å². The maximum Gasteiger partial charge on any atom is 0.157 e. The van der Waals surface area contributed by atoms with Gasteiger partial charge in [-0.25, -0.2) is 4.99 Å². The summed E-state index contributed by atoms with van der Waals surface area (Å²) in [6.07, 6.45) is 2.39. The molecule has 1 fully saturated rings. The van der Waals surface area contributed by atoms with Crippen molar-refractivity contribution in [1.29, 1.82) is 0 Å². The zero-order valence-corrected chi connectivity index (χ0v) is 19.3. The SMILES string of the molecule is c1ccc(C(=NC(c2ccccc2)c2ccccc2)N=C(c2ccccc2)N2CCCC2)cc1. The Morgan fingerprint density at radius 2 is 1.00 bits per heavy atom. The first-order valence-corrected chi connectivity index (χ1v) is 12.0. The van der Waals surface area contributed by atoms with Crippen molar-refractivity contribution in [2.24, 2.45) is 9.98 Å². The zero-order valence-electron chi connectivity index (χ0n) is 19.3. The fourth-order valence-electron chi connectivity index (χ4n) is 4.42. The van der Waals surface area contributed by atoms with Gasteiger partial charge in [0.1, 0.15) is 11.9 Å². The lowest BCUT2D eigenvalue weighted by atomic mass is 9.99. The lowest BCUT2D eigenvalue weighted by Crippen LogP contribution is -2.29. The van der Waals surface area contributed by atoms with E-state index in [0.29, 0.717) is 0 Å². The van der Waals surface area contributed by atoms with E-state index in [4.69, 9.17) is 9.98 Å². The third kappa shape index (κ3) is 5.15. The van der Waals surface area contributed by atoms with Crippen LogP contribution in [-0.2, 0) is 0 Å². The van der Waals surface area contributed by atoms with E-state index in [1.54, 1.807) is 0 Å². The van der Waals surface area contributed by atoms with Crippen LogP contribution in [0.15, 0.2) is 131 Å². The van der Waals surface area contributed by atoms with Crippen LogP contribution in [0.5, 0.6) is 0 Å².